The molecule has 1 atom stereocenters. The van der Waals surface area contributed by atoms with Gasteiger partial charge in [0.2, 0.25) is 11.5 Å². The van der Waals surface area contributed by atoms with Gasteiger partial charge in [-0.2, -0.15) is 0 Å². The van der Waals surface area contributed by atoms with Crippen molar-refractivity contribution in [2.24, 2.45) is 0 Å². The second-order valence-electron chi connectivity index (χ2n) is 4.07. The Morgan fingerprint density at radius 3 is 2.04 bits per heavy atom. The fourth-order valence-electron chi connectivity index (χ4n) is 1.42. The van der Waals surface area contributed by atoms with Gasteiger partial charge in [-0.05, 0) is 32.2 Å². The Morgan fingerprint density at radius 2 is 1.57 bits per heavy atom. The van der Waals surface area contributed by atoms with E-state index in [1.165, 1.54) is 12.1 Å². The van der Waals surface area contributed by atoms with E-state index in [1.807, 2.05) is 0 Å². The summed E-state index contributed by atoms with van der Waals surface area (Å²) in [6, 6.07) is 7.75. The Balaban J connectivity index is 3.10. The molecule has 0 aromatic heterocycles. The lowest BCUT2D eigenvalue weighted by atomic mass is 10.4. The maximum absolute atomic E-state index is 13.0. The lowest BCUT2D eigenvalue weighted by Gasteiger charge is -2.20. The molecule has 0 N–H and O–H groups in total. The molecule has 124 valence electrons. The fourth-order valence-corrected chi connectivity index (χ4v) is 2.94. The molecule has 0 aliphatic carbocycles. The van der Waals surface area contributed by atoms with E-state index >= 15 is 0 Å². The predicted octanol–water partition coefficient (Wildman–Crippen LogP) is 2.30. The monoisotopic (exact) mass is 340 g/mol. The molecule has 0 aliphatic heterocycles. The largest absolute Gasteiger partial charge is 0.463 e. The number of carbonyl (C=O) groups is 2. The van der Waals surface area contributed by atoms with E-state index < -0.39 is 31.1 Å². The van der Waals surface area contributed by atoms with Gasteiger partial charge in [-0.25, -0.2) is 14.2 Å². The van der Waals surface area contributed by atoms with Crippen molar-refractivity contribution in [3.05, 3.63) is 55.0 Å². The Labute approximate surface area is 134 Å². The first kappa shape index (κ1) is 18.5. The number of methoxy groups -OCH3 is 1. The van der Waals surface area contributed by atoms with Crippen molar-refractivity contribution in [3.63, 3.8) is 0 Å². The van der Waals surface area contributed by atoms with E-state index in [9.17, 15) is 14.2 Å². The summed E-state index contributed by atoms with van der Waals surface area (Å²) in [4.78, 5) is 23.0. The van der Waals surface area contributed by atoms with E-state index in [0.29, 0.717) is 0 Å². The molecule has 0 saturated carbocycles. The molecule has 1 aromatic carbocycles. The van der Waals surface area contributed by atoms with Gasteiger partial charge in [0.1, 0.15) is 0 Å². The Morgan fingerprint density at radius 1 is 1.04 bits per heavy atom. The van der Waals surface area contributed by atoms with Gasteiger partial charge < -0.3 is 18.5 Å². The molecule has 1 aromatic rings. The van der Waals surface area contributed by atoms with E-state index in [0.717, 1.165) is 7.11 Å². The second-order valence-corrected chi connectivity index (χ2v) is 5.95. The van der Waals surface area contributed by atoms with Crippen molar-refractivity contribution >= 4 is 24.8 Å². The van der Waals surface area contributed by atoms with Crippen molar-refractivity contribution in [2.45, 2.75) is 6.92 Å². The quantitative estimate of drug-likeness (QED) is 0.310. The van der Waals surface area contributed by atoms with Crippen LogP contribution in [-0.2, 0) is 32.7 Å². The molecule has 0 heterocycles. The van der Waals surface area contributed by atoms with Crippen LogP contribution in [0.4, 0.5) is 0 Å². The molecule has 1 rings (SSSR count). The predicted molar refractivity (Wildman–Crippen MR) is 82.8 cm³/mol. The van der Waals surface area contributed by atoms with Gasteiger partial charge >= 0.3 is 19.5 Å². The molecule has 0 aliphatic rings. The first-order valence-electron chi connectivity index (χ1n) is 6.52. The first-order valence-corrected chi connectivity index (χ1v) is 8.06. The van der Waals surface area contributed by atoms with Crippen molar-refractivity contribution in [2.75, 3.05) is 13.7 Å². The molecule has 0 fully saturated rings. The Bertz CT molecular complexity index is 651. The maximum atomic E-state index is 13.0. The van der Waals surface area contributed by atoms with Crippen LogP contribution >= 0.6 is 7.60 Å². The SMILES string of the molecule is C=C(OP(=O)(OC(=C)C(=O)OCC)c1ccccc1)C(=O)OC. The van der Waals surface area contributed by atoms with E-state index in [4.69, 9.17) is 13.8 Å². The zero-order valence-corrected chi connectivity index (χ0v) is 13.7. The minimum absolute atomic E-state index is 0.0899. The highest BCUT2D eigenvalue weighted by Gasteiger charge is 2.35. The van der Waals surface area contributed by atoms with Crippen LogP contribution in [0.1, 0.15) is 6.92 Å². The molecule has 0 saturated heterocycles. The minimum atomic E-state index is -4.13. The molecule has 0 amide bonds. The molecule has 1 unspecified atom stereocenters. The molecule has 0 spiro atoms. The number of rotatable bonds is 8. The minimum Gasteiger partial charge on any atom is -0.463 e. The van der Waals surface area contributed by atoms with Crippen LogP contribution in [0.5, 0.6) is 0 Å². The topological polar surface area (TPSA) is 88.1 Å². The second kappa shape index (κ2) is 8.19. The third kappa shape index (κ3) is 5.00. The molecule has 23 heavy (non-hydrogen) atoms. The van der Waals surface area contributed by atoms with Crippen LogP contribution in [0.15, 0.2) is 55.0 Å². The fraction of sp³-hybridized carbons (Fsp3) is 0.200. The van der Waals surface area contributed by atoms with Crippen LogP contribution in [0.3, 0.4) is 0 Å². The van der Waals surface area contributed by atoms with Gasteiger partial charge in [0.15, 0.2) is 0 Å². The number of esters is 2. The Hall–Kier alpha value is -2.53. The van der Waals surface area contributed by atoms with Gasteiger partial charge in [-0.15, -0.1) is 0 Å². The average Bonchev–Trinajstić information content (AvgIpc) is 2.54. The molecule has 7 nitrogen and oxygen atoms in total. The number of hydrogen-bond acceptors (Lipinski definition) is 7. The number of ether oxygens (including phenoxy) is 2. The summed E-state index contributed by atoms with van der Waals surface area (Å²) < 4.78 is 32.3. The van der Waals surface area contributed by atoms with Gasteiger partial charge in [-0.1, -0.05) is 18.2 Å². The zero-order valence-electron chi connectivity index (χ0n) is 12.8. The molecular weight excluding hydrogens is 323 g/mol. The molecular formula is C15H17O7P. The van der Waals surface area contributed by atoms with Crippen LogP contribution in [0.25, 0.3) is 0 Å². The van der Waals surface area contributed by atoms with Crippen molar-refractivity contribution in [1.29, 1.82) is 0 Å². The third-order valence-electron chi connectivity index (χ3n) is 2.45. The standard InChI is InChI=1S/C15H17O7P/c1-5-20-15(17)12(3)22-23(18,13-9-7-6-8-10-13)21-11(2)14(16)19-4/h6-10H,2-3,5H2,1,4H3. The highest BCUT2D eigenvalue weighted by Crippen LogP contribution is 2.50. The van der Waals surface area contributed by atoms with E-state index in [1.54, 1.807) is 25.1 Å². The zero-order chi connectivity index (χ0) is 17.5. The lowest BCUT2D eigenvalue weighted by molar-refractivity contribution is -0.141. The Kier molecular flexibility index (Phi) is 6.60. The van der Waals surface area contributed by atoms with Crippen LogP contribution in [0, 0.1) is 0 Å². The summed E-state index contributed by atoms with van der Waals surface area (Å²) in [7, 11) is -3.02. The van der Waals surface area contributed by atoms with E-state index in [2.05, 4.69) is 17.9 Å². The number of hydrogen-bond donors (Lipinski definition) is 0. The average molecular weight is 340 g/mol. The van der Waals surface area contributed by atoms with Gasteiger partial charge in [0, 0.05) is 0 Å². The summed E-state index contributed by atoms with van der Waals surface area (Å²) in [5, 5.41) is 0.107. The summed E-state index contributed by atoms with van der Waals surface area (Å²) in [5.41, 5.74) is 0. The number of carbonyl (C=O) groups excluding carboxylic acids is 2. The number of benzene rings is 1. The van der Waals surface area contributed by atoms with Gasteiger partial charge in [0.25, 0.3) is 0 Å². The van der Waals surface area contributed by atoms with Crippen LogP contribution in [-0.4, -0.2) is 25.7 Å². The summed E-state index contributed by atoms with van der Waals surface area (Å²) >= 11 is 0. The lowest BCUT2D eigenvalue weighted by Crippen LogP contribution is -2.16. The van der Waals surface area contributed by atoms with Crippen LogP contribution in [0.2, 0.25) is 0 Å². The highest BCUT2D eigenvalue weighted by atomic mass is 31.2. The normalized spacial score (nSPS) is 12.4. The molecule has 0 bridgehead atoms. The molecule has 8 heteroatoms. The summed E-state index contributed by atoms with van der Waals surface area (Å²) in [5.74, 6) is -2.87. The van der Waals surface area contributed by atoms with E-state index in [-0.39, 0.29) is 11.9 Å². The summed E-state index contributed by atoms with van der Waals surface area (Å²) in [6.07, 6.45) is 0. The van der Waals surface area contributed by atoms with Crippen LogP contribution < -0.4 is 5.30 Å². The highest BCUT2D eigenvalue weighted by molar-refractivity contribution is 7.62. The van der Waals surface area contributed by atoms with Crippen molar-refractivity contribution in [1.82, 2.24) is 0 Å². The third-order valence-corrected chi connectivity index (χ3v) is 4.30. The van der Waals surface area contributed by atoms with Gasteiger partial charge in [-0.3, -0.25) is 0 Å². The van der Waals surface area contributed by atoms with Gasteiger partial charge in [0.05, 0.1) is 19.0 Å². The smallest absolute Gasteiger partial charge is 0.463 e. The van der Waals surface area contributed by atoms with Crippen molar-refractivity contribution in [3.8, 4) is 0 Å². The maximum Gasteiger partial charge on any atom is 0.463 e. The van der Waals surface area contributed by atoms with Crippen molar-refractivity contribution < 1.29 is 32.7 Å². The molecule has 0 radical (unpaired) electrons. The summed E-state index contributed by atoms with van der Waals surface area (Å²) in [6.45, 7) is 8.38. The first-order chi connectivity index (χ1) is 10.8.